The maximum Gasteiger partial charge on any atom is 0.161 e. The lowest BCUT2D eigenvalue weighted by Crippen LogP contribution is -2.39. The van der Waals surface area contributed by atoms with Crippen LogP contribution >= 0.6 is 0 Å². The van der Waals surface area contributed by atoms with Crippen molar-refractivity contribution in [3.05, 3.63) is 41.5 Å². The van der Waals surface area contributed by atoms with E-state index in [0.29, 0.717) is 5.75 Å². The quantitative estimate of drug-likeness (QED) is 0.678. The van der Waals surface area contributed by atoms with Gasteiger partial charge in [0.15, 0.2) is 11.5 Å². The van der Waals surface area contributed by atoms with Gasteiger partial charge in [0, 0.05) is 12.6 Å². The molecule has 0 radical (unpaired) electrons. The van der Waals surface area contributed by atoms with E-state index >= 15 is 0 Å². The van der Waals surface area contributed by atoms with Crippen molar-refractivity contribution in [1.29, 1.82) is 0 Å². The van der Waals surface area contributed by atoms with E-state index in [2.05, 4.69) is 4.90 Å². The Morgan fingerprint density at radius 2 is 1.81 bits per heavy atom. The molecule has 5 rings (SSSR count). The molecule has 2 atom stereocenters. The Kier molecular flexibility index (Phi) is 3.71. The van der Waals surface area contributed by atoms with Crippen LogP contribution in [-0.4, -0.2) is 41.9 Å². The van der Waals surface area contributed by atoms with E-state index in [0.717, 1.165) is 64.4 Å². The number of hydrogen-bond donors (Lipinski definition) is 2. The third-order valence-electron chi connectivity index (χ3n) is 6.21. The molecular weight excluding hydrogens is 342 g/mol. The van der Waals surface area contributed by atoms with Gasteiger partial charge in [0.25, 0.3) is 0 Å². The third kappa shape index (κ3) is 2.32. The summed E-state index contributed by atoms with van der Waals surface area (Å²) in [4.78, 5) is 2.38. The van der Waals surface area contributed by atoms with Crippen molar-refractivity contribution in [2.45, 2.75) is 31.5 Å². The van der Waals surface area contributed by atoms with Gasteiger partial charge in [-0.05, 0) is 76.3 Å². The maximum atomic E-state index is 11.2. The predicted molar refractivity (Wildman–Crippen MR) is 105 cm³/mol. The Bertz CT molecular complexity index is 1060. The van der Waals surface area contributed by atoms with Gasteiger partial charge in [0.1, 0.15) is 5.75 Å². The Hall–Kier alpha value is -2.50. The molecule has 0 spiro atoms. The number of benzene rings is 3. The molecule has 0 aliphatic carbocycles. The Balaban J connectivity index is 1.92. The van der Waals surface area contributed by atoms with Crippen LogP contribution in [0.1, 0.15) is 30.1 Å². The van der Waals surface area contributed by atoms with E-state index in [1.165, 1.54) is 0 Å². The van der Waals surface area contributed by atoms with Gasteiger partial charge in [0.2, 0.25) is 0 Å². The van der Waals surface area contributed by atoms with E-state index < -0.39 is 6.10 Å². The van der Waals surface area contributed by atoms with Crippen LogP contribution in [0.25, 0.3) is 21.5 Å². The first-order valence-corrected chi connectivity index (χ1v) is 9.37. The second-order valence-corrected chi connectivity index (χ2v) is 7.50. The number of aromatic hydroxyl groups is 1. The molecule has 0 aromatic heterocycles. The molecule has 0 bridgehead atoms. The smallest absolute Gasteiger partial charge is 0.161 e. The summed E-state index contributed by atoms with van der Waals surface area (Å²) in [5.41, 5.74) is 2.14. The Morgan fingerprint density at radius 1 is 1.00 bits per heavy atom. The van der Waals surface area contributed by atoms with Crippen molar-refractivity contribution < 1.29 is 19.7 Å². The standard InChI is InChI=1S/C22H23NO4/c1-26-12-5-6-13-14(8-12)15-9-19(24)20(27-2)10-16(15)17-11-23-7-3-4-18(23)22(25)21(13)17/h5-6,8-10,18,22,24-25H,3-4,7,11H2,1-2H3/t18-,22-/m0/s1. The summed E-state index contributed by atoms with van der Waals surface area (Å²) in [6.07, 6.45) is 1.62. The van der Waals surface area contributed by atoms with Crippen molar-refractivity contribution in [2.75, 3.05) is 20.8 Å². The second-order valence-electron chi connectivity index (χ2n) is 7.50. The van der Waals surface area contributed by atoms with Gasteiger partial charge in [-0.3, -0.25) is 4.90 Å². The normalized spacial score (nSPS) is 22.0. The molecule has 0 amide bonds. The van der Waals surface area contributed by atoms with Crippen molar-refractivity contribution in [3.63, 3.8) is 0 Å². The fraction of sp³-hybridized carbons (Fsp3) is 0.364. The molecule has 5 nitrogen and oxygen atoms in total. The zero-order valence-electron chi connectivity index (χ0n) is 15.5. The molecule has 140 valence electrons. The van der Waals surface area contributed by atoms with Crippen molar-refractivity contribution in [2.24, 2.45) is 0 Å². The highest BCUT2D eigenvalue weighted by molar-refractivity contribution is 6.12. The van der Waals surface area contributed by atoms with Gasteiger partial charge in [0.05, 0.1) is 20.3 Å². The monoisotopic (exact) mass is 365 g/mol. The van der Waals surface area contributed by atoms with Crippen LogP contribution < -0.4 is 9.47 Å². The predicted octanol–water partition coefficient (Wildman–Crippen LogP) is 3.73. The van der Waals surface area contributed by atoms with Crippen LogP contribution in [0.3, 0.4) is 0 Å². The highest BCUT2D eigenvalue weighted by Gasteiger charge is 2.38. The minimum atomic E-state index is -0.517. The fourth-order valence-electron chi connectivity index (χ4n) is 4.93. The number of hydrogen-bond acceptors (Lipinski definition) is 5. The maximum absolute atomic E-state index is 11.2. The number of nitrogens with zero attached hydrogens (tertiary/aromatic N) is 1. The lowest BCUT2D eigenvalue weighted by Gasteiger charge is -2.37. The minimum Gasteiger partial charge on any atom is -0.504 e. The zero-order chi connectivity index (χ0) is 18.7. The molecule has 3 aromatic carbocycles. The van der Waals surface area contributed by atoms with Crippen LogP contribution in [-0.2, 0) is 6.54 Å². The molecule has 0 unspecified atom stereocenters. The highest BCUT2D eigenvalue weighted by Crippen LogP contribution is 2.47. The molecule has 2 aliphatic heterocycles. The van der Waals surface area contributed by atoms with Gasteiger partial charge in [-0.15, -0.1) is 0 Å². The summed E-state index contributed by atoms with van der Waals surface area (Å²) in [6, 6.07) is 9.79. The van der Waals surface area contributed by atoms with E-state index in [1.807, 2.05) is 24.3 Å². The summed E-state index contributed by atoms with van der Waals surface area (Å²) >= 11 is 0. The molecule has 2 N–H and O–H groups in total. The largest absolute Gasteiger partial charge is 0.504 e. The lowest BCUT2D eigenvalue weighted by atomic mass is 9.83. The first-order chi connectivity index (χ1) is 13.1. The van der Waals surface area contributed by atoms with Crippen molar-refractivity contribution in [3.8, 4) is 17.2 Å². The summed E-state index contributed by atoms with van der Waals surface area (Å²) in [7, 11) is 3.20. The number of ether oxygens (including phenoxy) is 2. The summed E-state index contributed by atoms with van der Waals surface area (Å²) in [5.74, 6) is 1.32. The van der Waals surface area contributed by atoms with E-state index in [-0.39, 0.29) is 11.8 Å². The molecule has 5 heteroatoms. The van der Waals surface area contributed by atoms with Crippen LogP contribution in [0.5, 0.6) is 17.2 Å². The van der Waals surface area contributed by atoms with Crippen molar-refractivity contribution in [1.82, 2.24) is 4.90 Å². The molecule has 3 aromatic rings. The molecule has 0 saturated carbocycles. The van der Waals surface area contributed by atoms with Gasteiger partial charge in [-0.25, -0.2) is 0 Å². The van der Waals surface area contributed by atoms with Crippen LogP contribution in [0, 0.1) is 0 Å². The Labute approximate surface area is 157 Å². The van der Waals surface area contributed by atoms with E-state index in [4.69, 9.17) is 9.47 Å². The number of phenols is 1. The molecule has 2 heterocycles. The number of aliphatic hydroxyl groups excluding tert-OH is 1. The second kappa shape index (κ2) is 6.01. The first-order valence-electron chi connectivity index (χ1n) is 9.37. The van der Waals surface area contributed by atoms with E-state index in [1.54, 1.807) is 20.3 Å². The molecule has 1 fully saturated rings. The fourth-order valence-corrected chi connectivity index (χ4v) is 4.93. The molecule has 1 saturated heterocycles. The van der Waals surface area contributed by atoms with Crippen LogP contribution in [0.2, 0.25) is 0 Å². The van der Waals surface area contributed by atoms with Gasteiger partial charge in [-0.1, -0.05) is 6.07 Å². The number of fused-ring (bicyclic) bond motifs is 7. The van der Waals surface area contributed by atoms with Crippen molar-refractivity contribution >= 4 is 21.5 Å². The minimum absolute atomic E-state index is 0.115. The molecule has 2 aliphatic rings. The SMILES string of the molecule is COc1ccc2c3c(c4cc(OC)c(O)cc4c2c1)CN1CCC[C@H]1[C@@H]3O. The Morgan fingerprint density at radius 3 is 2.59 bits per heavy atom. The molecular formula is C22H23NO4. The van der Waals surface area contributed by atoms with Gasteiger partial charge in [-0.2, -0.15) is 0 Å². The number of methoxy groups -OCH3 is 2. The van der Waals surface area contributed by atoms with E-state index in [9.17, 15) is 10.2 Å². The number of rotatable bonds is 2. The molecule has 27 heavy (non-hydrogen) atoms. The lowest BCUT2D eigenvalue weighted by molar-refractivity contribution is 0.0552. The summed E-state index contributed by atoms with van der Waals surface area (Å²) in [6.45, 7) is 1.82. The zero-order valence-corrected chi connectivity index (χ0v) is 15.5. The van der Waals surface area contributed by atoms with Gasteiger partial charge >= 0.3 is 0 Å². The highest BCUT2D eigenvalue weighted by atomic mass is 16.5. The van der Waals surface area contributed by atoms with Crippen LogP contribution in [0.4, 0.5) is 0 Å². The first kappa shape index (κ1) is 16.7. The number of aliphatic hydroxyl groups is 1. The topological polar surface area (TPSA) is 62.2 Å². The number of phenolic OH excluding ortho intramolecular Hbond substituents is 1. The third-order valence-corrected chi connectivity index (χ3v) is 6.21. The summed E-state index contributed by atoms with van der Waals surface area (Å²) < 4.78 is 10.8. The average molecular weight is 365 g/mol. The summed E-state index contributed by atoms with van der Waals surface area (Å²) in [5, 5.41) is 25.6. The average Bonchev–Trinajstić information content (AvgIpc) is 3.16. The van der Waals surface area contributed by atoms with Gasteiger partial charge < -0.3 is 19.7 Å². The van der Waals surface area contributed by atoms with Crippen LogP contribution in [0.15, 0.2) is 30.3 Å².